The molecule has 142 valence electrons. The number of carbonyl (C=O) groups excluding carboxylic acids is 1. The summed E-state index contributed by atoms with van der Waals surface area (Å²) in [6, 6.07) is 6.49. The zero-order valence-corrected chi connectivity index (χ0v) is 16.4. The molecule has 0 aliphatic carbocycles. The van der Waals surface area contributed by atoms with Gasteiger partial charge in [0.05, 0.1) is 12.1 Å². The van der Waals surface area contributed by atoms with Gasteiger partial charge in [-0.1, -0.05) is 19.1 Å². The lowest BCUT2D eigenvalue weighted by Gasteiger charge is -2.14. The quantitative estimate of drug-likeness (QED) is 0.743. The number of hydrogen-bond acceptors (Lipinski definition) is 3. The Balaban J connectivity index is 2.06. The van der Waals surface area contributed by atoms with Gasteiger partial charge in [0.2, 0.25) is 5.91 Å². The molecule has 6 heteroatoms. The maximum atomic E-state index is 13.3. The van der Waals surface area contributed by atoms with Gasteiger partial charge >= 0.3 is 0 Å². The molecule has 0 radical (unpaired) electrons. The fourth-order valence-corrected chi connectivity index (χ4v) is 3.27. The van der Waals surface area contributed by atoms with E-state index in [0.717, 1.165) is 45.8 Å². The van der Waals surface area contributed by atoms with E-state index in [-0.39, 0.29) is 24.2 Å². The number of nitrogens with zero attached hydrogens (tertiary/aromatic N) is 3. The maximum Gasteiger partial charge on any atom is 0.224 e. The van der Waals surface area contributed by atoms with Crippen LogP contribution in [0.1, 0.15) is 42.9 Å². The summed E-state index contributed by atoms with van der Waals surface area (Å²) < 4.78 is 15.1. The summed E-state index contributed by atoms with van der Waals surface area (Å²) in [6.45, 7) is 9.81. The zero-order valence-electron chi connectivity index (χ0n) is 16.4. The van der Waals surface area contributed by atoms with Crippen LogP contribution in [-0.4, -0.2) is 26.5 Å². The third-order valence-electron chi connectivity index (χ3n) is 4.99. The van der Waals surface area contributed by atoms with Crippen LogP contribution in [0.15, 0.2) is 24.3 Å². The Morgan fingerprint density at radius 2 is 1.85 bits per heavy atom. The largest absolute Gasteiger partial charge is 0.353 e. The van der Waals surface area contributed by atoms with E-state index >= 15 is 0 Å². The second-order valence-electron chi connectivity index (χ2n) is 7.02. The van der Waals surface area contributed by atoms with Crippen LogP contribution in [-0.2, 0) is 11.2 Å². The summed E-state index contributed by atoms with van der Waals surface area (Å²) in [5, 5.41) is 7.62. The second kappa shape index (κ2) is 7.47. The van der Waals surface area contributed by atoms with E-state index in [1.807, 2.05) is 34.6 Å². The van der Waals surface area contributed by atoms with E-state index in [4.69, 9.17) is 4.98 Å². The van der Waals surface area contributed by atoms with Crippen LogP contribution < -0.4 is 5.32 Å². The van der Waals surface area contributed by atoms with Crippen LogP contribution in [0.3, 0.4) is 0 Å². The SMILES string of the molecule is CCC(C)NC(=O)Cc1c(C)nc2c(-c3ccc(F)cc3)c(C)nn2c1C. The van der Waals surface area contributed by atoms with Gasteiger partial charge in [0.25, 0.3) is 0 Å². The van der Waals surface area contributed by atoms with Crippen molar-refractivity contribution >= 4 is 11.6 Å². The van der Waals surface area contributed by atoms with Crippen molar-refractivity contribution in [2.75, 3.05) is 0 Å². The van der Waals surface area contributed by atoms with Gasteiger partial charge in [-0.25, -0.2) is 13.9 Å². The predicted octanol–water partition coefficient (Wildman–Crippen LogP) is 3.92. The molecular weight excluding hydrogens is 343 g/mol. The van der Waals surface area contributed by atoms with Gasteiger partial charge < -0.3 is 5.32 Å². The third-order valence-corrected chi connectivity index (χ3v) is 4.99. The van der Waals surface area contributed by atoms with E-state index in [9.17, 15) is 9.18 Å². The molecule has 1 N–H and O–H groups in total. The lowest BCUT2D eigenvalue weighted by Crippen LogP contribution is -2.33. The van der Waals surface area contributed by atoms with E-state index in [2.05, 4.69) is 10.4 Å². The maximum absolute atomic E-state index is 13.3. The molecule has 5 nitrogen and oxygen atoms in total. The first kappa shape index (κ1) is 19.0. The standard InChI is InChI=1S/C21H25FN4O/c1-6-12(2)23-19(27)11-18-13(3)24-21-20(14(4)25-26(21)15(18)5)16-7-9-17(22)10-8-16/h7-10,12H,6,11H2,1-5H3,(H,23,27). The van der Waals surface area contributed by atoms with Crippen LogP contribution in [0.5, 0.6) is 0 Å². The number of rotatable bonds is 5. The van der Waals surface area contributed by atoms with Gasteiger partial charge in [0.15, 0.2) is 5.65 Å². The molecule has 1 atom stereocenters. The van der Waals surface area contributed by atoms with Crippen molar-refractivity contribution < 1.29 is 9.18 Å². The highest BCUT2D eigenvalue weighted by Crippen LogP contribution is 2.29. The number of benzene rings is 1. The van der Waals surface area contributed by atoms with Crippen LogP contribution in [0.4, 0.5) is 4.39 Å². The molecule has 0 spiro atoms. The fourth-order valence-electron chi connectivity index (χ4n) is 3.27. The van der Waals surface area contributed by atoms with Crippen LogP contribution in [0.25, 0.3) is 16.8 Å². The van der Waals surface area contributed by atoms with Crippen LogP contribution in [0, 0.1) is 26.6 Å². The minimum absolute atomic E-state index is 0.0145. The Labute approximate surface area is 158 Å². The molecule has 0 saturated heterocycles. The Morgan fingerprint density at radius 3 is 2.48 bits per heavy atom. The molecular formula is C21H25FN4O. The fraction of sp³-hybridized carbons (Fsp3) is 0.381. The first-order valence-electron chi connectivity index (χ1n) is 9.22. The summed E-state index contributed by atoms with van der Waals surface area (Å²) >= 11 is 0. The van der Waals surface area contributed by atoms with Crippen LogP contribution in [0.2, 0.25) is 0 Å². The van der Waals surface area contributed by atoms with E-state index in [0.29, 0.717) is 0 Å². The monoisotopic (exact) mass is 368 g/mol. The van der Waals surface area contributed by atoms with Gasteiger partial charge in [-0.3, -0.25) is 4.79 Å². The van der Waals surface area contributed by atoms with Crippen molar-refractivity contribution in [3.8, 4) is 11.1 Å². The highest BCUT2D eigenvalue weighted by Gasteiger charge is 2.19. The van der Waals surface area contributed by atoms with Crippen molar-refractivity contribution in [2.45, 2.75) is 53.5 Å². The molecule has 3 rings (SSSR count). The van der Waals surface area contributed by atoms with Crippen molar-refractivity contribution in [2.24, 2.45) is 0 Å². The second-order valence-corrected chi connectivity index (χ2v) is 7.02. The summed E-state index contributed by atoms with van der Waals surface area (Å²) in [5.41, 5.74) is 5.89. The molecule has 0 aliphatic heterocycles. The minimum Gasteiger partial charge on any atom is -0.353 e. The molecule has 2 heterocycles. The van der Waals surface area contributed by atoms with Gasteiger partial charge in [-0.05, 0) is 51.8 Å². The topological polar surface area (TPSA) is 59.3 Å². The van der Waals surface area contributed by atoms with E-state index in [1.54, 1.807) is 16.6 Å². The molecule has 1 amide bonds. The van der Waals surface area contributed by atoms with Gasteiger partial charge in [-0.15, -0.1) is 0 Å². The summed E-state index contributed by atoms with van der Waals surface area (Å²) in [5.74, 6) is -0.290. The number of aromatic nitrogens is 3. The molecule has 27 heavy (non-hydrogen) atoms. The zero-order chi connectivity index (χ0) is 19.7. The highest BCUT2D eigenvalue weighted by atomic mass is 19.1. The molecule has 1 unspecified atom stereocenters. The first-order valence-corrected chi connectivity index (χ1v) is 9.22. The number of fused-ring (bicyclic) bond motifs is 1. The van der Waals surface area contributed by atoms with E-state index < -0.39 is 0 Å². The molecule has 3 aromatic rings. The number of carbonyl (C=O) groups is 1. The average molecular weight is 368 g/mol. The predicted molar refractivity (Wildman–Crippen MR) is 104 cm³/mol. The van der Waals surface area contributed by atoms with Gasteiger partial charge in [-0.2, -0.15) is 5.10 Å². The molecule has 0 fully saturated rings. The van der Waals surface area contributed by atoms with Crippen molar-refractivity contribution in [1.29, 1.82) is 0 Å². The van der Waals surface area contributed by atoms with E-state index in [1.165, 1.54) is 12.1 Å². The summed E-state index contributed by atoms with van der Waals surface area (Å²) in [7, 11) is 0. The molecule has 2 aromatic heterocycles. The Morgan fingerprint density at radius 1 is 1.19 bits per heavy atom. The minimum atomic E-state index is -0.275. The van der Waals surface area contributed by atoms with Crippen LogP contribution >= 0.6 is 0 Å². The van der Waals surface area contributed by atoms with Crippen molar-refractivity contribution in [3.63, 3.8) is 0 Å². The Bertz CT molecular complexity index is 992. The molecule has 0 aliphatic rings. The molecule has 0 bridgehead atoms. The summed E-state index contributed by atoms with van der Waals surface area (Å²) in [6.07, 6.45) is 1.16. The number of halogens is 1. The van der Waals surface area contributed by atoms with Gasteiger partial charge in [0, 0.05) is 28.6 Å². The van der Waals surface area contributed by atoms with Gasteiger partial charge in [0.1, 0.15) is 5.82 Å². The highest BCUT2D eigenvalue weighted by molar-refractivity contribution is 5.82. The first-order chi connectivity index (χ1) is 12.8. The number of aryl methyl sites for hydroxylation is 3. The van der Waals surface area contributed by atoms with Crippen molar-refractivity contribution in [1.82, 2.24) is 19.9 Å². The molecule has 1 aromatic carbocycles. The lowest BCUT2D eigenvalue weighted by molar-refractivity contribution is -0.121. The normalized spacial score (nSPS) is 12.4. The Hall–Kier alpha value is -2.76. The number of amides is 1. The lowest BCUT2D eigenvalue weighted by atomic mass is 10.0. The number of nitrogens with one attached hydrogen (secondary N) is 1. The molecule has 0 saturated carbocycles. The smallest absolute Gasteiger partial charge is 0.224 e. The third kappa shape index (κ3) is 3.70. The average Bonchev–Trinajstić information content (AvgIpc) is 2.95. The number of hydrogen-bond donors (Lipinski definition) is 1. The Kier molecular flexibility index (Phi) is 5.26. The van der Waals surface area contributed by atoms with Crippen molar-refractivity contribution in [3.05, 3.63) is 52.7 Å². The summed E-state index contributed by atoms with van der Waals surface area (Å²) in [4.78, 5) is 17.1.